The molecule has 1 saturated heterocycles. The Morgan fingerprint density at radius 2 is 2.06 bits per heavy atom. The monoisotopic (exact) mass is 241 g/mol. The minimum absolute atomic E-state index is 0.0925. The molecule has 4 nitrogen and oxygen atoms in total. The van der Waals surface area contributed by atoms with E-state index in [-0.39, 0.29) is 17.5 Å². The Hall–Kier alpha value is -1.07. The second-order valence-electron chi connectivity index (χ2n) is 3.97. The molecule has 0 amide bonds. The third-order valence-corrected chi connectivity index (χ3v) is 4.50. The Labute approximate surface area is 95.5 Å². The molecule has 88 valence electrons. The molecule has 1 aromatic rings. The fourth-order valence-corrected chi connectivity index (χ4v) is 3.15. The molecule has 2 rings (SSSR count). The van der Waals surface area contributed by atoms with Crippen molar-refractivity contribution in [3.63, 3.8) is 0 Å². The molecule has 0 atom stereocenters. The lowest BCUT2D eigenvalue weighted by molar-refractivity contribution is 0.405. The molecule has 0 unspecified atom stereocenters. The van der Waals surface area contributed by atoms with Gasteiger partial charge in [-0.25, -0.2) is 8.42 Å². The number of hydrogen-bond acceptors (Lipinski definition) is 4. The van der Waals surface area contributed by atoms with Crippen LogP contribution >= 0.6 is 0 Å². The van der Waals surface area contributed by atoms with E-state index < -0.39 is 9.84 Å². The van der Waals surface area contributed by atoms with Crippen molar-refractivity contribution in [3.8, 4) is 5.75 Å². The van der Waals surface area contributed by atoms with Gasteiger partial charge in [0.15, 0.2) is 9.84 Å². The molecule has 0 aromatic heterocycles. The van der Waals surface area contributed by atoms with E-state index in [9.17, 15) is 8.42 Å². The number of sulfone groups is 1. The number of nitrogens with one attached hydrogen (secondary N) is 1. The van der Waals surface area contributed by atoms with Crippen molar-refractivity contribution in [2.45, 2.75) is 12.6 Å². The molecule has 0 saturated carbocycles. The lowest BCUT2D eigenvalue weighted by Gasteiger charge is -2.27. The number of ether oxygens (including phenoxy) is 1. The van der Waals surface area contributed by atoms with Crippen LogP contribution in [0.2, 0.25) is 0 Å². The van der Waals surface area contributed by atoms with Gasteiger partial charge in [-0.05, 0) is 6.07 Å². The van der Waals surface area contributed by atoms with E-state index in [4.69, 9.17) is 4.74 Å². The Kier molecular flexibility index (Phi) is 3.16. The summed E-state index contributed by atoms with van der Waals surface area (Å²) in [5.74, 6) is 1.33. The average Bonchev–Trinajstić information content (AvgIpc) is 2.23. The highest BCUT2D eigenvalue weighted by Crippen LogP contribution is 2.18. The van der Waals surface area contributed by atoms with Crippen LogP contribution in [0.5, 0.6) is 5.75 Å². The van der Waals surface area contributed by atoms with E-state index in [1.54, 1.807) is 7.11 Å². The third kappa shape index (κ3) is 2.54. The number of rotatable bonds is 4. The summed E-state index contributed by atoms with van der Waals surface area (Å²) in [4.78, 5) is 0. The van der Waals surface area contributed by atoms with Gasteiger partial charge in [-0.1, -0.05) is 18.2 Å². The van der Waals surface area contributed by atoms with Gasteiger partial charge < -0.3 is 10.1 Å². The molecule has 0 bridgehead atoms. The largest absolute Gasteiger partial charge is 0.496 e. The number of hydrogen-bond donors (Lipinski definition) is 1. The normalized spacial score (nSPS) is 19.1. The summed E-state index contributed by atoms with van der Waals surface area (Å²) in [7, 11) is -1.11. The van der Waals surface area contributed by atoms with Gasteiger partial charge in [0, 0.05) is 18.2 Å². The minimum Gasteiger partial charge on any atom is -0.496 e. The highest BCUT2D eigenvalue weighted by molar-refractivity contribution is 7.92. The average molecular weight is 241 g/mol. The molecular formula is C11H15NO3S. The summed E-state index contributed by atoms with van der Waals surface area (Å²) in [6.07, 6.45) is 0. The first-order valence-electron chi connectivity index (χ1n) is 5.16. The van der Waals surface area contributed by atoms with Crippen molar-refractivity contribution in [2.75, 3.05) is 18.6 Å². The van der Waals surface area contributed by atoms with Crippen molar-refractivity contribution < 1.29 is 13.2 Å². The van der Waals surface area contributed by atoms with E-state index in [0.717, 1.165) is 11.3 Å². The SMILES string of the molecule is COc1ccccc1CNC1CS(=O)(=O)C1. The van der Waals surface area contributed by atoms with Gasteiger partial charge in [-0.2, -0.15) is 0 Å². The van der Waals surface area contributed by atoms with E-state index in [0.29, 0.717) is 6.54 Å². The smallest absolute Gasteiger partial charge is 0.153 e. The Bertz CT molecular complexity index is 458. The number of methoxy groups -OCH3 is 1. The summed E-state index contributed by atoms with van der Waals surface area (Å²) < 4.78 is 27.1. The highest BCUT2D eigenvalue weighted by atomic mass is 32.2. The molecule has 1 aromatic carbocycles. The zero-order valence-corrected chi connectivity index (χ0v) is 9.96. The van der Waals surface area contributed by atoms with Gasteiger partial charge in [0.05, 0.1) is 18.6 Å². The molecule has 1 aliphatic rings. The van der Waals surface area contributed by atoms with E-state index in [2.05, 4.69) is 5.32 Å². The molecule has 5 heteroatoms. The van der Waals surface area contributed by atoms with Crippen LogP contribution in [0.1, 0.15) is 5.56 Å². The van der Waals surface area contributed by atoms with Crippen LogP contribution in [0.3, 0.4) is 0 Å². The first kappa shape index (κ1) is 11.4. The topological polar surface area (TPSA) is 55.4 Å². The minimum atomic E-state index is -2.74. The van der Waals surface area contributed by atoms with E-state index >= 15 is 0 Å². The molecule has 0 spiro atoms. The van der Waals surface area contributed by atoms with Gasteiger partial charge in [0.1, 0.15) is 5.75 Å². The van der Waals surface area contributed by atoms with Crippen LogP contribution in [0.15, 0.2) is 24.3 Å². The zero-order valence-electron chi connectivity index (χ0n) is 9.14. The summed E-state index contributed by atoms with van der Waals surface area (Å²) in [5, 5.41) is 3.21. The van der Waals surface area contributed by atoms with Crippen LogP contribution in [-0.2, 0) is 16.4 Å². The summed E-state index contributed by atoms with van der Waals surface area (Å²) in [5.41, 5.74) is 1.05. The molecule has 1 aliphatic heterocycles. The van der Waals surface area contributed by atoms with Gasteiger partial charge in [-0.15, -0.1) is 0 Å². The fourth-order valence-electron chi connectivity index (χ4n) is 1.79. The van der Waals surface area contributed by atoms with Crippen molar-refractivity contribution >= 4 is 9.84 Å². The molecule has 16 heavy (non-hydrogen) atoms. The van der Waals surface area contributed by atoms with Crippen molar-refractivity contribution in [3.05, 3.63) is 29.8 Å². The van der Waals surface area contributed by atoms with Crippen molar-refractivity contribution in [2.24, 2.45) is 0 Å². The maximum Gasteiger partial charge on any atom is 0.153 e. The van der Waals surface area contributed by atoms with Gasteiger partial charge in [0.2, 0.25) is 0 Å². The first-order chi connectivity index (χ1) is 7.61. The third-order valence-electron chi connectivity index (χ3n) is 2.68. The predicted molar refractivity (Wildman–Crippen MR) is 62.3 cm³/mol. The molecule has 0 aliphatic carbocycles. The Morgan fingerprint density at radius 3 is 2.69 bits per heavy atom. The van der Waals surface area contributed by atoms with E-state index in [1.807, 2.05) is 24.3 Å². The molecule has 1 heterocycles. The second-order valence-corrected chi connectivity index (χ2v) is 6.12. The Balaban J connectivity index is 1.90. The first-order valence-corrected chi connectivity index (χ1v) is 6.98. The maximum absolute atomic E-state index is 11.0. The van der Waals surface area contributed by atoms with Gasteiger partial charge in [0.25, 0.3) is 0 Å². The standard InChI is InChI=1S/C11H15NO3S/c1-15-11-5-3-2-4-9(11)6-12-10-7-16(13,14)8-10/h2-5,10,12H,6-8H2,1H3. The maximum atomic E-state index is 11.0. The van der Waals surface area contributed by atoms with Gasteiger partial charge >= 0.3 is 0 Å². The molecule has 1 N–H and O–H groups in total. The van der Waals surface area contributed by atoms with Crippen molar-refractivity contribution in [1.82, 2.24) is 5.32 Å². The summed E-state index contributed by atoms with van der Waals surface area (Å²) in [6.45, 7) is 0.643. The van der Waals surface area contributed by atoms with Crippen molar-refractivity contribution in [1.29, 1.82) is 0 Å². The molecule has 1 fully saturated rings. The molecular weight excluding hydrogens is 226 g/mol. The lowest BCUT2D eigenvalue weighted by Crippen LogP contribution is -2.50. The second kappa shape index (κ2) is 4.43. The summed E-state index contributed by atoms with van der Waals surface area (Å²) >= 11 is 0. The summed E-state index contributed by atoms with van der Waals surface area (Å²) in [6, 6.07) is 7.82. The zero-order chi connectivity index (χ0) is 11.6. The van der Waals surface area contributed by atoms with Crippen LogP contribution in [0.4, 0.5) is 0 Å². The van der Waals surface area contributed by atoms with Crippen LogP contribution < -0.4 is 10.1 Å². The van der Waals surface area contributed by atoms with E-state index in [1.165, 1.54) is 0 Å². The number of benzene rings is 1. The van der Waals surface area contributed by atoms with Gasteiger partial charge in [-0.3, -0.25) is 0 Å². The van der Waals surface area contributed by atoms with Crippen LogP contribution in [-0.4, -0.2) is 33.1 Å². The quantitative estimate of drug-likeness (QED) is 0.838. The van der Waals surface area contributed by atoms with Crippen LogP contribution in [0, 0.1) is 0 Å². The number of para-hydroxylation sites is 1. The fraction of sp³-hybridized carbons (Fsp3) is 0.455. The Morgan fingerprint density at radius 1 is 1.38 bits per heavy atom. The molecule has 0 radical (unpaired) electrons. The predicted octanol–water partition coefficient (Wildman–Crippen LogP) is 0.582. The highest BCUT2D eigenvalue weighted by Gasteiger charge is 2.32. The van der Waals surface area contributed by atoms with Crippen LogP contribution in [0.25, 0.3) is 0 Å². The lowest BCUT2D eigenvalue weighted by atomic mass is 10.2.